The molecule has 3 heteroatoms. The van der Waals surface area contributed by atoms with Crippen molar-refractivity contribution in [1.29, 1.82) is 0 Å². The van der Waals surface area contributed by atoms with Crippen molar-refractivity contribution in [2.75, 3.05) is 0 Å². The fraction of sp³-hybridized carbons (Fsp3) is 0.333. The van der Waals surface area contributed by atoms with Crippen LogP contribution in [0.15, 0.2) is 36.5 Å². The molecule has 92 valence electrons. The van der Waals surface area contributed by atoms with Gasteiger partial charge in [-0.15, -0.1) is 0 Å². The maximum Gasteiger partial charge on any atom is 0.188 e. The second kappa shape index (κ2) is 4.41. The number of hydrogen-bond acceptors (Lipinski definition) is 2. The summed E-state index contributed by atoms with van der Waals surface area (Å²) in [5, 5.41) is 4.08. The normalized spacial score (nSPS) is 18.4. The van der Waals surface area contributed by atoms with Crippen molar-refractivity contribution in [2.45, 2.75) is 25.2 Å². The van der Waals surface area contributed by atoms with Crippen LogP contribution >= 0.6 is 0 Å². The van der Waals surface area contributed by atoms with Crippen molar-refractivity contribution < 1.29 is 4.79 Å². The Morgan fingerprint density at radius 1 is 1.33 bits per heavy atom. The van der Waals surface area contributed by atoms with E-state index in [4.69, 9.17) is 0 Å². The fourth-order valence-corrected chi connectivity index (χ4v) is 2.82. The van der Waals surface area contributed by atoms with E-state index in [1.54, 1.807) is 16.9 Å². The van der Waals surface area contributed by atoms with E-state index in [-0.39, 0.29) is 11.7 Å². The van der Waals surface area contributed by atoms with Crippen LogP contribution in [0.4, 0.5) is 0 Å². The zero-order valence-electron chi connectivity index (χ0n) is 10.5. The molecule has 1 aliphatic carbocycles. The van der Waals surface area contributed by atoms with Gasteiger partial charge in [0.2, 0.25) is 0 Å². The van der Waals surface area contributed by atoms with Crippen LogP contribution in [0, 0.1) is 0 Å². The third-order valence-corrected chi connectivity index (χ3v) is 3.76. The van der Waals surface area contributed by atoms with Crippen molar-refractivity contribution in [3.8, 4) is 0 Å². The van der Waals surface area contributed by atoms with E-state index in [1.165, 1.54) is 11.1 Å². The molecule has 1 aliphatic rings. The molecule has 0 fully saturated rings. The number of hydrogen-bond donors (Lipinski definition) is 0. The van der Waals surface area contributed by atoms with Crippen LogP contribution in [0.1, 0.15) is 40.4 Å². The molecular formula is C15H16N2O. The van der Waals surface area contributed by atoms with Gasteiger partial charge in [-0.3, -0.25) is 9.48 Å². The summed E-state index contributed by atoms with van der Waals surface area (Å²) in [6, 6.07) is 10.1. The Bertz CT molecular complexity index is 586. The second-order valence-electron chi connectivity index (χ2n) is 4.85. The number of carbonyl (C=O) groups is 1. The number of fused-ring (bicyclic) bond motifs is 1. The summed E-state index contributed by atoms with van der Waals surface area (Å²) in [6.07, 6.45) is 4.81. The largest absolute Gasteiger partial charge is 0.292 e. The summed E-state index contributed by atoms with van der Waals surface area (Å²) >= 11 is 0. The lowest BCUT2D eigenvalue weighted by Crippen LogP contribution is -2.20. The van der Waals surface area contributed by atoms with Crippen LogP contribution < -0.4 is 0 Å². The van der Waals surface area contributed by atoms with Gasteiger partial charge in [0, 0.05) is 19.2 Å². The lowest BCUT2D eigenvalue weighted by Gasteiger charge is -2.24. The number of nitrogens with zero attached hydrogens (tertiary/aromatic N) is 2. The van der Waals surface area contributed by atoms with Gasteiger partial charge < -0.3 is 0 Å². The molecule has 1 atom stereocenters. The summed E-state index contributed by atoms with van der Waals surface area (Å²) in [6.45, 7) is 0. The highest BCUT2D eigenvalue weighted by Gasteiger charge is 2.28. The van der Waals surface area contributed by atoms with Gasteiger partial charge in [-0.25, -0.2) is 0 Å². The highest BCUT2D eigenvalue weighted by molar-refractivity contribution is 5.99. The van der Waals surface area contributed by atoms with Crippen LogP contribution in [0.25, 0.3) is 0 Å². The summed E-state index contributed by atoms with van der Waals surface area (Å²) in [4.78, 5) is 12.6. The lowest BCUT2D eigenvalue weighted by atomic mass is 9.80. The molecule has 0 saturated heterocycles. The molecular weight excluding hydrogens is 224 g/mol. The number of aromatic nitrogens is 2. The quantitative estimate of drug-likeness (QED) is 0.756. The molecule has 18 heavy (non-hydrogen) atoms. The average molecular weight is 240 g/mol. The minimum Gasteiger partial charge on any atom is -0.292 e. The molecule has 3 nitrogen and oxygen atoms in total. The average Bonchev–Trinajstić information content (AvgIpc) is 2.83. The first kappa shape index (κ1) is 11.2. The Morgan fingerprint density at radius 3 is 2.94 bits per heavy atom. The van der Waals surface area contributed by atoms with Crippen molar-refractivity contribution in [2.24, 2.45) is 7.05 Å². The minimum atomic E-state index is 0.00495. The van der Waals surface area contributed by atoms with Gasteiger partial charge in [-0.1, -0.05) is 24.3 Å². The molecule has 2 aromatic rings. The SMILES string of the molecule is Cn1nccc1C(=O)C1CCCc2ccccc21. The third kappa shape index (κ3) is 1.76. The standard InChI is InChI=1S/C15H16N2O/c1-17-14(9-10-16-17)15(18)13-8-4-6-11-5-2-3-7-12(11)13/h2-3,5,7,9-10,13H,4,6,8H2,1H3. The molecule has 0 bridgehead atoms. The first-order valence-corrected chi connectivity index (χ1v) is 6.37. The number of ketones is 1. The highest BCUT2D eigenvalue weighted by atomic mass is 16.1. The summed E-state index contributed by atoms with van der Waals surface area (Å²) in [5.41, 5.74) is 3.23. The summed E-state index contributed by atoms with van der Waals surface area (Å²) < 4.78 is 1.67. The summed E-state index contributed by atoms with van der Waals surface area (Å²) in [7, 11) is 1.82. The van der Waals surface area contributed by atoms with E-state index in [1.807, 2.05) is 13.1 Å². The van der Waals surface area contributed by atoms with Gasteiger partial charge in [-0.2, -0.15) is 5.10 Å². The monoisotopic (exact) mass is 240 g/mol. The number of rotatable bonds is 2. The Balaban J connectivity index is 2.00. The molecule has 1 aromatic carbocycles. The maximum absolute atomic E-state index is 12.6. The van der Waals surface area contributed by atoms with E-state index in [0.29, 0.717) is 5.69 Å². The van der Waals surface area contributed by atoms with Gasteiger partial charge in [0.05, 0.1) is 0 Å². The van der Waals surface area contributed by atoms with Crippen molar-refractivity contribution in [3.05, 3.63) is 53.3 Å². The van der Waals surface area contributed by atoms with E-state index in [2.05, 4.69) is 23.3 Å². The number of benzene rings is 1. The van der Waals surface area contributed by atoms with Crippen LogP contribution in [-0.4, -0.2) is 15.6 Å². The molecule has 1 heterocycles. The molecule has 0 spiro atoms. The molecule has 0 aliphatic heterocycles. The van der Waals surface area contributed by atoms with Crippen LogP contribution in [0.3, 0.4) is 0 Å². The number of Topliss-reactive ketones (excluding diaryl/α,β-unsaturated/α-hetero) is 1. The second-order valence-corrected chi connectivity index (χ2v) is 4.85. The molecule has 3 rings (SSSR count). The highest BCUT2D eigenvalue weighted by Crippen LogP contribution is 2.33. The minimum absolute atomic E-state index is 0.00495. The summed E-state index contributed by atoms with van der Waals surface area (Å²) in [5.74, 6) is 0.201. The van der Waals surface area contributed by atoms with Crippen LogP contribution in [0.2, 0.25) is 0 Å². The van der Waals surface area contributed by atoms with Crippen LogP contribution in [-0.2, 0) is 13.5 Å². The number of aryl methyl sites for hydroxylation is 2. The maximum atomic E-state index is 12.6. The van der Waals surface area contributed by atoms with Gasteiger partial charge in [0.15, 0.2) is 5.78 Å². The molecule has 0 saturated carbocycles. The fourth-order valence-electron chi connectivity index (χ4n) is 2.82. The van der Waals surface area contributed by atoms with Gasteiger partial charge in [-0.05, 0) is 36.5 Å². The predicted octanol–water partition coefficient (Wildman–Crippen LogP) is 2.72. The zero-order valence-corrected chi connectivity index (χ0v) is 10.5. The first-order chi connectivity index (χ1) is 8.77. The van der Waals surface area contributed by atoms with Crippen molar-refractivity contribution in [3.63, 3.8) is 0 Å². The Kier molecular flexibility index (Phi) is 2.74. The lowest BCUT2D eigenvalue weighted by molar-refractivity contribution is 0.0941. The van der Waals surface area contributed by atoms with E-state index < -0.39 is 0 Å². The Labute approximate surface area is 106 Å². The third-order valence-electron chi connectivity index (χ3n) is 3.76. The molecule has 0 N–H and O–H groups in total. The topological polar surface area (TPSA) is 34.9 Å². The van der Waals surface area contributed by atoms with Gasteiger partial charge >= 0.3 is 0 Å². The van der Waals surface area contributed by atoms with Gasteiger partial charge in [0.25, 0.3) is 0 Å². The Morgan fingerprint density at radius 2 is 2.17 bits per heavy atom. The molecule has 1 unspecified atom stereocenters. The Hall–Kier alpha value is -1.90. The molecule has 1 aromatic heterocycles. The van der Waals surface area contributed by atoms with E-state index in [9.17, 15) is 4.79 Å². The predicted molar refractivity (Wildman–Crippen MR) is 69.7 cm³/mol. The number of carbonyl (C=O) groups excluding carboxylic acids is 1. The van der Waals surface area contributed by atoms with E-state index in [0.717, 1.165) is 19.3 Å². The molecule has 0 radical (unpaired) electrons. The smallest absolute Gasteiger partial charge is 0.188 e. The van der Waals surface area contributed by atoms with Gasteiger partial charge in [0.1, 0.15) is 5.69 Å². The first-order valence-electron chi connectivity index (χ1n) is 6.37. The van der Waals surface area contributed by atoms with Crippen molar-refractivity contribution in [1.82, 2.24) is 9.78 Å². The van der Waals surface area contributed by atoms with E-state index >= 15 is 0 Å². The van der Waals surface area contributed by atoms with Crippen LogP contribution in [0.5, 0.6) is 0 Å². The molecule has 0 amide bonds. The zero-order chi connectivity index (χ0) is 12.5. The van der Waals surface area contributed by atoms with Crippen molar-refractivity contribution >= 4 is 5.78 Å².